The van der Waals surface area contributed by atoms with E-state index in [4.69, 9.17) is 16.7 Å². The molecule has 1 atom stereocenters. The third kappa shape index (κ3) is 7.04. The first kappa shape index (κ1) is 30.6. The molecule has 0 spiro atoms. The number of aliphatic hydroxyl groups is 1. The molecule has 10 nitrogen and oxygen atoms in total. The van der Waals surface area contributed by atoms with Crippen molar-refractivity contribution in [3.63, 3.8) is 0 Å². The Balaban J connectivity index is 1.44. The number of aliphatic hydroxyl groups excluding tert-OH is 1. The molecular weight excluding hydrogens is 595 g/mol. The number of carbonyl (C=O) groups excluding carboxylic acids is 1. The van der Waals surface area contributed by atoms with Crippen LogP contribution in [0.25, 0.3) is 11.3 Å². The van der Waals surface area contributed by atoms with Gasteiger partial charge in [-0.3, -0.25) is 14.5 Å². The number of nitrogens with zero attached hydrogens (tertiary/aromatic N) is 5. The number of rotatable bonds is 9. The van der Waals surface area contributed by atoms with Crippen molar-refractivity contribution >= 4 is 27.5 Å². The lowest BCUT2D eigenvalue weighted by atomic mass is 10.0. The van der Waals surface area contributed by atoms with Crippen LogP contribution in [0.2, 0.25) is 5.02 Å². The quantitative estimate of drug-likeness (QED) is 0.296. The molecular formula is C30H32ClFN6O4S. The van der Waals surface area contributed by atoms with E-state index < -0.39 is 21.9 Å². The van der Waals surface area contributed by atoms with Gasteiger partial charge in [-0.2, -0.15) is 9.40 Å². The molecule has 2 N–H and O–H groups in total. The molecule has 0 bridgehead atoms. The van der Waals surface area contributed by atoms with Gasteiger partial charge in [0.2, 0.25) is 10.0 Å². The van der Waals surface area contributed by atoms with Crippen molar-refractivity contribution in [2.75, 3.05) is 19.8 Å². The smallest absolute Gasteiger partial charge is 0.251 e. The number of hydrogen-bond acceptors (Lipinski definition) is 6. The fourth-order valence-corrected chi connectivity index (χ4v) is 6.15. The van der Waals surface area contributed by atoms with Crippen LogP contribution >= 0.6 is 11.6 Å². The van der Waals surface area contributed by atoms with Gasteiger partial charge in [-0.25, -0.2) is 12.8 Å². The number of halogens is 2. The van der Waals surface area contributed by atoms with Crippen LogP contribution in [0.5, 0.6) is 0 Å². The van der Waals surface area contributed by atoms with Gasteiger partial charge in [0.15, 0.2) is 0 Å². The number of benzene rings is 2. The number of fused-ring (bicyclic) bond motifs is 1. The Hall–Kier alpha value is -3.84. The first-order valence-corrected chi connectivity index (χ1v) is 15.9. The predicted octanol–water partition coefficient (Wildman–Crippen LogP) is 2.98. The third-order valence-electron chi connectivity index (χ3n) is 7.37. The van der Waals surface area contributed by atoms with Gasteiger partial charge < -0.3 is 15.0 Å². The van der Waals surface area contributed by atoms with E-state index in [1.165, 1.54) is 34.8 Å². The molecule has 2 aromatic carbocycles. The van der Waals surface area contributed by atoms with Crippen LogP contribution in [0.3, 0.4) is 0 Å². The largest absolute Gasteiger partial charge is 0.389 e. The normalized spacial score (nSPS) is 14.9. The Kier molecular flexibility index (Phi) is 9.11. The molecule has 4 aromatic rings. The second-order valence-electron chi connectivity index (χ2n) is 10.4. The van der Waals surface area contributed by atoms with Crippen LogP contribution in [-0.2, 0) is 42.6 Å². The van der Waals surface area contributed by atoms with Gasteiger partial charge in [-0.15, -0.1) is 0 Å². The summed E-state index contributed by atoms with van der Waals surface area (Å²) in [6, 6.07) is 16.2. The fraction of sp³-hybridized carbons (Fsp3) is 0.300. The average molecular weight is 627 g/mol. The molecule has 13 heteroatoms. The molecule has 2 aromatic heterocycles. The molecule has 0 saturated heterocycles. The van der Waals surface area contributed by atoms with Gasteiger partial charge in [0.25, 0.3) is 5.91 Å². The van der Waals surface area contributed by atoms with E-state index in [9.17, 15) is 22.7 Å². The Labute approximate surface area is 254 Å². The minimum Gasteiger partial charge on any atom is -0.389 e. The van der Waals surface area contributed by atoms with Crippen molar-refractivity contribution in [3.05, 3.63) is 106 Å². The highest BCUT2D eigenvalue weighted by atomic mass is 35.5. The number of hydrogen-bond donors (Lipinski definition) is 2. The minimum atomic E-state index is -3.45. The maximum atomic E-state index is 13.3. The monoisotopic (exact) mass is 626 g/mol. The second-order valence-corrected chi connectivity index (χ2v) is 12.8. The summed E-state index contributed by atoms with van der Waals surface area (Å²) in [4.78, 5) is 16.9. The van der Waals surface area contributed by atoms with Crippen LogP contribution < -0.4 is 10.8 Å². The summed E-state index contributed by atoms with van der Waals surface area (Å²) in [5, 5.41) is 19.1. The summed E-state index contributed by atoms with van der Waals surface area (Å²) < 4.78 is 43.2. The fourth-order valence-electron chi connectivity index (χ4n) is 5.18. The van der Waals surface area contributed by atoms with Crippen LogP contribution in [-0.4, -0.2) is 64.0 Å². The lowest BCUT2D eigenvalue weighted by Crippen LogP contribution is -2.36. The summed E-state index contributed by atoms with van der Waals surface area (Å²) in [5.41, 5.74) is 4.56. The highest BCUT2D eigenvalue weighted by Crippen LogP contribution is 2.33. The Morgan fingerprint density at radius 2 is 1.93 bits per heavy atom. The van der Waals surface area contributed by atoms with Crippen molar-refractivity contribution in [2.45, 2.75) is 38.7 Å². The zero-order valence-corrected chi connectivity index (χ0v) is 25.3. The van der Waals surface area contributed by atoms with E-state index in [0.717, 1.165) is 16.7 Å². The molecule has 1 amide bonds. The van der Waals surface area contributed by atoms with Gasteiger partial charge in [0, 0.05) is 66.7 Å². The molecule has 5 rings (SSSR count). The maximum Gasteiger partial charge on any atom is 0.251 e. The molecule has 43 heavy (non-hydrogen) atoms. The number of aromatic nitrogens is 3. The molecule has 226 valence electrons. The van der Waals surface area contributed by atoms with Crippen LogP contribution in [0, 0.1) is 5.82 Å². The summed E-state index contributed by atoms with van der Waals surface area (Å²) in [6.07, 6.45) is 2.68. The molecule has 1 unspecified atom stereocenters. The number of sulfonamides is 1. The van der Waals surface area contributed by atoms with E-state index in [1.807, 2.05) is 35.0 Å². The topological polar surface area (TPSA) is 122 Å². The lowest BCUT2D eigenvalue weighted by Gasteiger charge is -2.26. The van der Waals surface area contributed by atoms with Gasteiger partial charge >= 0.3 is 0 Å². The van der Waals surface area contributed by atoms with Crippen LogP contribution in [0.4, 0.5) is 4.39 Å². The summed E-state index contributed by atoms with van der Waals surface area (Å²) in [7, 11) is -1.76. The minimum absolute atomic E-state index is 0.110. The summed E-state index contributed by atoms with van der Waals surface area (Å²) >= 11 is 6.48. The highest BCUT2D eigenvalue weighted by Gasteiger charge is 2.30. The standard InChI is InChI=1S/C30H32ClFN6O4S/c1-33-28-5-3-4-13-36(28)17-24(39)18-38-27-12-14-37(43(2,41)42)19-25(27)29(35-38)21-8-11-26(31)22(15-21)16-34-30(40)20-6-9-23(32)10-7-20/h3-11,13,15,24,39H,12,14,16-19H2,1-2H3,(H,34,40)/b33-28+. The molecule has 1 aliphatic rings. The van der Waals surface area contributed by atoms with E-state index >= 15 is 0 Å². The first-order chi connectivity index (χ1) is 20.5. The van der Waals surface area contributed by atoms with E-state index in [-0.39, 0.29) is 25.5 Å². The van der Waals surface area contributed by atoms with E-state index in [0.29, 0.717) is 46.9 Å². The highest BCUT2D eigenvalue weighted by molar-refractivity contribution is 7.88. The van der Waals surface area contributed by atoms with Crippen molar-refractivity contribution < 1.29 is 22.7 Å². The Morgan fingerprint density at radius 3 is 2.65 bits per heavy atom. The Morgan fingerprint density at radius 1 is 1.16 bits per heavy atom. The average Bonchev–Trinajstić information content (AvgIpc) is 3.34. The molecule has 3 heterocycles. The zero-order chi connectivity index (χ0) is 30.7. The van der Waals surface area contributed by atoms with Gasteiger partial charge in [0.1, 0.15) is 11.3 Å². The van der Waals surface area contributed by atoms with E-state index in [2.05, 4.69) is 10.3 Å². The number of pyridine rings is 1. The SMILES string of the molecule is C/N=c1\ccccn1CC(O)Cn1nc(-c2ccc(Cl)c(CNC(=O)c3ccc(F)cc3)c2)c2c1CCN(S(C)(=O)=O)C2. The predicted molar refractivity (Wildman–Crippen MR) is 161 cm³/mol. The van der Waals surface area contributed by atoms with Crippen LogP contribution in [0.15, 0.2) is 71.9 Å². The van der Waals surface area contributed by atoms with Crippen molar-refractivity contribution in [1.82, 2.24) is 24.0 Å². The number of amides is 1. The zero-order valence-electron chi connectivity index (χ0n) is 23.7. The van der Waals surface area contributed by atoms with E-state index in [1.54, 1.807) is 23.9 Å². The van der Waals surface area contributed by atoms with Gasteiger partial charge in [-0.05, 0) is 54.1 Å². The molecule has 1 aliphatic heterocycles. The number of nitrogens with one attached hydrogen (secondary N) is 1. The van der Waals surface area contributed by atoms with Gasteiger partial charge in [0.05, 0.1) is 31.1 Å². The molecule has 0 aliphatic carbocycles. The molecule has 0 radical (unpaired) electrons. The van der Waals surface area contributed by atoms with Crippen molar-refractivity contribution in [2.24, 2.45) is 4.99 Å². The molecule has 0 fully saturated rings. The maximum absolute atomic E-state index is 13.3. The molecule has 0 saturated carbocycles. The van der Waals surface area contributed by atoms with Crippen molar-refractivity contribution in [1.29, 1.82) is 0 Å². The summed E-state index contributed by atoms with van der Waals surface area (Å²) in [6.45, 7) is 1.05. The second kappa shape index (κ2) is 12.8. The first-order valence-electron chi connectivity index (χ1n) is 13.7. The lowest BCUT2D eigenvalue weighted by molar-refractivity contribution is 0.0951. The summed E-state index contributed by atoms with van der Waals surface area (Å²) in [5.74, 6) is -0.812. The number of carbonyl (C=O) groups is 1. The van der Waals surface area contributed by atoms with Crippen LogP contribution in [0.1, 0.15) is 27.2 Å². The Bertz CT molecular complexity index is 1820. The third-order valence-corrected chi connectivity index (χ3v) is 8.99. The van der Waals surface area contributed by atoms with Crippen molar-refractivity contribution in [3.8, 4) is 11.3 Å². The van der Waals surface area contributed by atoms with Gasteiger partial charge in [-0.1, -0.05) is 23.7 Å².